The number of rotatable bonds is 2. The summed E-state index contributed by atoms with van der Waals surface area (Å²) in [4.78, 5) is 0. The summed E-state index contributed by atoms with van der Waals surface area (Å²) < 4.78 is 1.96. The molecule has 0 amide bonds. The molecule has 1 heterocycles. The monoisotopic (exact) mass is 224 g/mol. The van der Waals surface area contributed by atoms with Gasteiger partial charge in [0, 0.05) is 16.9 Å². The Morgan fingerprint density at radius 3 is 2.92 bits per heavy atom. The smallest absolute Gasteiger partial charge is 0.0923 e. The van der Waals surface area contributed by atoms with E-state index in [0.29, 0.717) is 0 Å². The summed E-state index contributed by atoms with van der Waals surface area (Å²) in [5.41, 5.74) is 1.07. The zero-order valence-electron chi connectivity index (χ0n) is 6.57. The molecule has 0 radical (unpaired) electrons. The van der Waals surface area contributed by atoms with Crippen molar-refractivity contribution in [3.8, 4) is 0 Å². The molecule has 0 aliphatic rings. The van der Waals surface area contributed by atoms with Crippen LogP contribution in [0.2, 0.25) is 0 Å². The second kappa shape index (κ2) is 3.27. The summed E-state index contributed by atoms with van der Waals surface area (Å²) in [5, 5.41) is 6.54. The fourth-order valence-electron chi connectivity index (χ4n) is 1.22. The molecular weight excluding hydrogens is 216 g/mol. The van der Waals surface area contributed by atoms with Crippen LogP contribution in [0, 0.1) is 0 Å². The predicted molar refractivity (Wildman–Crippen MR) is 53.5 cm³/mol. The second-order valence-corrected chi connectivity index (χ2v) is 3.43. The lowest BCUT2D eigenvalue weighted by atomic mass is 10.3. The quantitative estimate of drug-likeness (QED) is 0.717. The van der Waals surface area contributed by atoms with Crippen molar-refractivity contribution in [2.24, 2.45) is 0 Å². The van der Waals surface area contributed by atoms with Gasteiger partial charge in [0.15, 0.2) is 0 Å². The number of hydrogen-bond acceptors (Lipinski definition) is 1. The molecule has 0 unspecified atom stereocenters. The molecule has 0 atom stereocenters. The van der Waals surface area contributed by atoms with Crippen molar-refractivity contribution in [2.45, 2.75) is 6.54 Å². The normalized spacial score (nSPS) is 10.8. The average Bonchev–Trinajstić information content (AvgIpc) is 2.47. The minimum absolute atomic E-state index is 0.925. The van der Waals surface area contributed by atoms with E-state index in [1.165, 1.54) is 5.39 Å². The van der Waals surface area contributed by atoms with Crippen LogP contribution in [0.25, 0.3) is 10.9 Å². The van der Waals surface area contributed by atoms with E-state index < -0.39 is 0 Å². The summed E-state index contributed by atoms with van der Waals surface area (Å²) in [6.07, 6.45) is 2.07. The molecule has 62 valence electrons. The molecule has 12 heavy (non-hydrogen) atoms. The molecule has 0 aliphatic carbocycles. The summed E-state index contributed by atoms with van der Waals surface area (Å²) in [7, 11) is 0. The number of alkyl halides is 1. The van der Waals surface area contributed by atoms with Crippen molar-refractivity contribution in [3.05, 3.63) is 30.5 Å². The third-order valence-corrected chi connectivity index (χ3v) is 2.13. The molecule has 0 N–H and O–H groups in total. The zero-order chi connectivity index (χ0) is 8.39. The Labute approximate surface area is 79.3 Å². The van der Waals surface area contributed by atoms with Gasteiger partial charge in [-0.25, -0.2) is 0 Å². The Morgan fingerprint density at radius 2 is 2.17 bits per heavy atom. The van der Waals surface area contributed by atoms with Crippen molar-refractivity contribution < 1.29 is 0 Å². The molecule has 1 aromatic carbocycles. The molecule has 0 aliphatic heterocycles. The molecule has 2 aromatic rings. The molecule has 0 fully saturated rings. The third-order valence-electron chi connectivity index (χ3n) is 1.77. The molecule has 0 spiro atoms. The molecular formula is C9H9BrN2. The van der Waals surface area contributed by atoms with Crippen molar-refractivity contribution >= 4 is 26.8 Å². The molecule has 3 heteroatoms. The van der Waals surface area contributed by atoms with Crippen LogP contribution >= 0.6 is 15.9 Å². The number of aromatic nitrogens is 2. The topological polar surface area (TPSA) is 17.8 Å². The Hall–Kier alpha value is -0.830. The van der Waals surface area contributed by atoms with Crippen molar-refractivity contribution in [1.29, 1.82) is 0 Å². The fraction of sp³-hybridized carbons (Fsp3) is 0.222. The van der Waals surface area contributed by atoms with E-state index >= 15 is 0 Å². The van der Waals surface area contributed by atoms with Crippen LogP contribution in [0.4, 0.5) is 0 Å². The lowest BCUT2D eigenvalue weighted by molar-refractivity contribution is 0.677. The highest BCUT2D eigenvalue weighted by Crippen LogP contribution is 2.10. The zero-order valence-corrected chi connectivity index (χ0v) is 8.16. The lowest BCUT2D eigenvalue weighted by Gasteiger charge is -1.92. The van der Waals surface area contributed by atoms with Crippen LogP contribution in [0.15, 0.2) is 30.5 Å². The van der Waals surface area contributed by atoms with E-state index in [1.54, 1.807) is 0 Å². The van der Waals surface area contributed by atoms with Gasteiger partial charge in [-0.05, 0) is 6.07 Å². The Balaban J connectivity index is 2.47. The molecule has 2 nitrogen and oxygen atoms in total. The minimum atomic E-state index is 0.925. The maximum atomic E-state index is 4.39. The Bertz CT molecular complexity index is 348. The van der Waals surface area contributed by atoms with E-state index in [9.17, 15) is 0 Å². The number of halogens is 1. The summed E-state index contributed by atoms with van der Waals surface area (Å²) in [5.74, 6) is 0. The third kappa shape index (κ3) is 1.37. The first-order valence-corrected chi connectivity index (χ1v) is 5.00. The highest BCUT2D eigenvalue weighted by atomic mass is 79.9. The summed E-state index contributed by atoms with van der Waals surface area (Å²) >= 11 is 3.38. The van der Waals surface area contributed by atoms with E-state index in [0.717, 1.165) is 17.4 Å². The van der Waals surface area contributed by atoms with Crippen molar-refractivity contribution in [1.82, 2.24) is 9.78 Å². The first-order valence-electron chi connectivity index (χ1n) is 3.88. The highest BCUT2D eigenvalue weighted by Gasteiger charge is 1.96. The van der Waals surface area contributed by atoms with Gasteiger partial charge in [-0.15, -0.1) is 0 Å². The summed E-state index contributed by atoms with van der Waals surface area (Å²) in [6, 6.07) is 8.14. The van der Waals surface area contributed by atoms with E-state index in [4.69, 9.17) is 0 Å². The molecule has 0 saturated carbocycles. The standard InChI is InChI=1S/C9H9BrN2/c10-5-6-12-7-8-3-1-2-4-9(8)11-12/h1-4,7H,5-6H2. The van der Waals surface area contributed by atoms with Gasteiger partial charge in [-0.3, -0.25) is 4.68 Å². The number of fused-ring (bicyclic) bond motifs is 1. The van der Waals surface area contributed by atoms with E-state index in [1.807, 2.05) is 22.9 Å². The van der Waals surface area contributed by atoms with Gasteiger partial charge in [0.1, 0.15) is 0 Å². The van der Waals surface area contributed by atoms with Gasteiger partial charge in [0.25, 0.3) is 0 Å². The second-order valence-electron chi connectivity index (χ2n) is 2.64. The van der Waals surface area contributed by atoms with Crippen LogP contribution in [-0.4, -0.2) is 15.1 Å². The van der Waals surface area contributed by atoms with Crippen molar-refractivity contribution in [2.75, 3.05) is 5.33 Å². The molecule has 1 aromatic heterocycles. The maximum absolute atomic E-state index is 4.39. The van der Waals surface area contributed by atoms with Gasteiger partial charge >= 0.3 is 0 Å². The number of hydrogen-bond donors (Lipinski definition) is 0. The van der Waals surface area contributed by atoms with Crippen LogP contribution in [-0.2, 0) is 6.54 Å². The fourth-order valence-corrected chi connectivity index (χ4v) is 1.58. The highest BCUT2D eigenvalue weighted by molar-refractivity contribution is 9.09. The van der Waals surface area contributed by atoms with Gasteiger partial charge < -0.3 is 0 Å². The van der Waals surface area contributed by atoms with Gasteiger partial charge in [0.05, 0.1) is 12.1 Å². The van der Waals surface area contributed by atoms with Gasteiger partial charge in [-0.2, -0.15) is 5.10 Å². The first-order chi connectivity index (χ1) is 5.90. The molecule has 2 rings (SSSR count). The minimum Gasteiger partial charge on any atom is -0.271 e. The largest absolute Gasteiger partial charge is 0.271 e. The number of benzene rings is 1. The lowest BCUT2D eigenvalue weighted by Crippen LogP contribution is -1.97. The predicted octanol–water partition coefficient (Wildman–Crippen LogP) is 2.43. The maximum Gasteiger partial charge on any atom is 0.0923 e. The van der Waals surface area contributed by atoms with E-state index in [-0.39, 0.29) is 0 Å². The average molecular weight is 225 g/mol. The first kappa shape index (κ1) is 7.80. The van der Waals surface area contributed by atoms with Crippen LogP contribution < -0.4 is 0 Å². The Morgan fingerprint density at radius 1 is 1.33 bits per heavy atom. The summed E-state index contributed by atoms with van der Waals surface area (Å²) in [6.45, 7) is 0.925. The molecule has 0 bridgehead atoms. The van der Waals surface area contributed by atoms with Gasteiger partial charge in [-0.1, -0.05) is 34.1 Å². The van der Waals surface area contributed by atoms with Crippen LogP contribution in [0.3, 0.4) is 0 Å². The molecule has 0 saturated heterocycles. The Kier molecular flexibility index (Phi) is 2.13. The van der Waals surface area contributed by atoms with Crippen molar-refractivity contribution in [3.63, 3.8) is 0 Å². The number of nitrogens with zero attached hydrogens (tertiary/aromatic N) is 2. The SMILES string of the molecule is BrCCn1cc2ccccc2n1. The number of aryl methyl sites for hydroxylation is 1. The van der Waals surface area contributed by atoms with Gasteiger partial charge in [0.2, 0.25) is 0 Å². The van der Waals surface area contributed by atoms with E-state index in [2.05, 4.69) is 33.3 Å². The van der Waals surface area contributed by atoms with Crippen LogP contribution in [0.5, 0.6) is 0 Å². The van der Waals surface area contributed by atoms with Crippen LogP contribution in [0.1, 0.15) is 0 Å².